The van der Waals surface area contributed by atoms with E-state index in [1.807, 2.05) is 0 Å². The summed E-state index contributed by atoms with van der Waals surface area (Å²) in [6.07, 6.45) is 0.590. The number of benzene rings is 1. The number of carbonyl (C=O) groups excluding carboxylic acids is 3. The Bertz CT molecular complexity index is 611. The molecule has 0 N–H and O–H groups in total. The summed E-state index contributed by atoms with van der Waals surface area (Å²) in [4.78, 5) is 34.8. The van der Waals surface area contributed by atoms with E-state index >= 15 is 0 Å². The van der Waals surface area contributed by atoms with E-state index in [-0.39, 0.29) is 24.7 Å². The molecular weight excluding hydrogens is 312 g/mol. The number of carbonyl (C=O) groups is 3. The molecular formula is C15H15F2NO5. The fourth-order valence-electron chi connectivity index (χ4n) is 2.35. The highest BCUT2D eigenvalue weighted by Gasteiger charge is 2.31. The first-order valence-corrected chi connectivity index (χ1v) is 6.98. The second-order valence-corrected chi connectivity index (χ2v) is 5.08. The predicted octanol–water partition coefficient (Wildman–Crippen LogP) is 2.30. The lowest BCUT2D eigenvalue weighted by molar-refractivity contribution is -0.142. The highest BCUT2D eigenvalue weighted by atomic mass is 19.1. The minimum absolute atomic E-state index is 0.0389. The molecule has 1 aromatic rings. The Morgan fingerprint density at radius 2 is 2.00 bits per heavy atom. The molecule has 23 heavy (non-hydrogen) atoms. The average molecular weight is 327 g/mol. The Morgan fingerprint density at radius 3 is 2.57 bits per heavy atom. The molecule has 0 bridgehead atoms. The van der Waals surface area contributed by atoms with Crippen LogP contribution in [-0.2, 0) is 9.53 Å². The molecule has 1 atom stereocenters. The summed E-state index contributed by atoms with van der Waals surface area (Å²) in [5.41, 5.74) is -0.723. The van der Waals surface area contributed by atoms with Crippen LogP contribution in [0.25, 0.3) is 0 Å². The number of hydrogen-bond donors (Lipinski definition) is 0. The summed E-state index contributed by atoms with van der Waals surface area (Å²) in [6.45, 7) is 1.69. The molecule has 1 aromatic carbocycles. The molecule has 0 aliphatic carbocycles. The molecule has 6 nitrogen and oxygen atoms in total. The van der Waals surface area contributed by atoms with E-state index in [1.165, 1.54) is 11.8 Å². The molecule has 0 spiro atoms. The van der Waals surface area contributed by atoms with Crippen LogP contribution < -0.4 is 4.74 Å². The highest BCUT2D eigenvalue weighted by Crippen LogP contribution is 2.23. The van der Waals surface area contributed by atoms with Crippen LogP contribution in [0.1, 0.15) is 30.1 Å². The van der Waals surface area contributed by atoms with Crippen molar-refractivity contribution >= 4 is 18.3 Å². The maximum absolute atomic E-state index is 13.5. The first-order chi connectivity index (χ1) is 10.9. The number of esters is 1. The topological polar surface area (TPSA) is 72.9 Å². The molecule has 1 amide bonds. The third-order valence-corrected chi connectivity index (χ3v) is 3.47. The summed E-state index contributed by atoms with van der Waals surface area (Å²) in [5, 5.41) is 0. The number of likely N-dealkylation sites (tertiary alicyclic amines) is 1. The van der Waals surface area contributed by atoms with Crippen LogP contribution in [0.4, 0.5) is 13.6 Å². The van der Waals surface area contributed by atoms with E-state index in [2.05, 4.69) is 0 Å². The summed E-state index contributed by atoms with van der Waals surface area (Å²) < 4.78 is 36.8. The summed E-state index contributed by atoms with van der Waals surface area (Å²) in [6, 6.07) is 1.19. The molecule has 1 aliphatic heterocycles. The Kier molecular flexibility index (Phi) is 5.25. The van der Waals surface area contributed by atoms with Crippen LogP contribution in [0.2, 0.25) is 0 Å². The molecule has 1 heterocycles. The lowest BCUT2D eigenvalue weighted by atomic mass is 10.2. The number of ether oxygens (including phenoxy) is 2. The van der Waals surface area contributed by atoms with Gasteiger partial charge in [-0.1, -0.05) is 0 Å². The van der Waals surface area contributed by atoms with Crippen molar-refractivity contribution in [1.82, 2.24) is 4.90 Å². The van der Waals surface area contributed by atoms with Gasteiger partial charge < -0.3 is 14.4 Å². The van der Waals surface area contributed by atoms with Gasteiger partial charge in [-0.15, -0.1) is 0 Å². The van der Waals surface area contributed by atoms with Gasteiger partial charge in [-0.2, -0.15) is 0 Å². The van der Waals surface area contributed by atoms with Crippen molar-refractivity contribution < 1.29 is 32.6 Å². The van der Waals surface area contributed by atoms with Gasteiger partial charge in [0.05, 0.1) is 11.6 Å². The van der Waals surface area contributed by atoms with Crippen LogP contribution >= 0.6 is 0 Å². The minimum Gasteiger partial charge on any atom is -0.464 e. The average Bonchev–Trinajstić information content (AvgIpc) is 2.93. The standard InChI is InChI=1S/C15H15F2NO5/c1-9(20)22-8-10-3-2-4-18(10)15(21)23-11-5-13(16)12(7-19)14(17)6-11/h5-7,10H,2-4,8H2,1H3. The molecule has 0 saturated carbocycles. The van der Waals surface area contributed by atoms with E-state index in [9.17, 15) is 23.2 Å². The highest BCUT2D eigenvalue weighted by molar-refractivity contribution is 5.77. The number of nitrogens with zero attached hydrogens (tertiary/aromatic N) is 1. The summed E-state index contributed by atoms with van der Waals surface area (Å²) >= 11 is 0. The van der Waals surface area contributed by atoms with Gasteiger partial charge in [0.15, 0.2) is 6.29 Å². The SMILES string of the molecule is CC(=O)OCC1CCCN1C(=O)Oc1cc(F)c(C=O)c(F)c1. The summed E-state index contributed by atoms with van der Waals surface area (Å²) in [5.74, 6) is -3.02. The van der Waals surface area contributed by atoms with Crippen LogP contribution in [0.3, 0.4) is 0 Å². The lowest BCUT2D eigenvalue weighted by Gasteiger charge is -2.23. The first-order valence-electron chi connectivity index (χ1n) is 6.98. The zero-order valence-corrected chi connectivity index (χ0v) is 12.4. The maximum atomic E-state index is 13.5. The van der Waals surface area contributed by atoms with Gasteiger partial charge in [0.1, 0.15) is 24.0 Å². The van der Waals surface area contributed by atoms with Gasteiger partial charge >= 0.3 is 12.1 Å². The maximum Gasteiger partial charge on any atom is 0.415 e. The predicted molar refractivity (Wildman–Crippen MR) is 74.1 cm³/mol. The Labute approximate surface area is 131 Å². The lowest BCUT2D eigenvalue weighted by Crippen LogP contribution is -2.40. The number of aldehydes is 1. The van der Waals surface area contributed by atoms with Crippen LogP contribution in [0.15, 0.2) is 12.1 Å². The molecule has 1 fully saturated rings. The quantitative estimate of drug-likeness (QED) is 0.627. The van der Waals surface area contributed by atoms with Crippen LogP contribution in [0.5, 0.6) is 5.75 Å². The number of amides is 1. The van der Waals surface area contributed by atoms with Crippen molar-refractivity contribution in [1.29, 1.82) is 0 Å². The molecule has 2 rings (SSSR count). The smallest absolute Gasteiger partial charge is 0.415 e. The number of hydrogen-bond acceptors (Lipinski definition) is 5. The van der Waals surface area contributed by atoms with Crippen molar-refractivity contribution in [3.63, 3.8) is 0 Å². The monoisotopic (exact) mass is 327 g/mol. The van der Waals surface area contributed by atoms with Gasteiger partial charge in [-0.25, -0.2) is 13.6 Å². The minimum atomic E-state index is -1.11. The van der Waals surface area contributed by atoms with Gasteiger partial charge in [0.25, 0.3) is 0 Å². The Balaban J connectivity index is 2.06. The molecule has 1 unspecified atom stereocenters. The fraction of sp³-hybridized carbons (Fsp3) is 0.400. The van der Waals surface area contributed by atoms with Crippen molar-refractivity contribution in [3.05, 3.63) is 29.3 Å². The zero-order valence-electron chi connectivity index (χ0n) is 12.4. The first kappa shape index (κ1) is 16.9. The molecule has 0 aromatic heterocycles. The largest absolute Gasteiger partial charge is 0.464 e. The van der Waals surface area contributed by atoms with Crippen molar-refractivity contribution in [2.75, 3.05) is 13.2 Å². The van der Waals surface area contributed by atoms with Crippen molar-refractivity contribution in [2.45, 2.75) is 25.8 Å². The molecule has 1 saturated heterocycles. The van der Waals surface area contributed by atoms with Gasteiger partial charge in [0, 0.05) is 25.6 Å². The van der Waals surface area contributed by atoms with Gasteiger partial charge in [-0.3, -0.25) is 9.59 Å². The van der Waals surface area contributed by atoms with E-state index < -0.39 is 29.3 Å². The van der Waals surface area contributed by atoms with Crippen molar-refractivity contribution in [2.24, 2.45) is 0 Å². The van der Waals surface area contributed by atoms with Crippen LogP contribution in [0, 0.1) is 11.6 Å². The van der Waals surface area contributed by atoms with E-state index in [0.29, 0.717) is 19.4 Å². The number of rotatable bonds is 4. The third kappa shape index (κ3) is 4.02. The number of halogens is 2. The molecule has 1 aliphatic rings. The second kappa shape index (κ2) is 7.17. The Morgan fingerprint density at radius 1 is 1.35 bits per heavy atom. The fourth-order valence-corrected chi connectivity index (χ4v) is 2.35. The second-order valence-electron chi connectivity index (χ2n) is 5.08. The third-order valence-electron chi connectivity index (χ3n) is 3.47. The Hall–Kier alpha value is -2.51. The van der Waals surface area contributed by atoms with E-state index in [4.69, 9.17) is 9.47 Å². The molecule has 8 heteroatoms. The van der Waals surface area contributed by atoms with E-state index in [1.54, 1.807) is 0 Å². The molecule has 0 radical (unpaired) electrons. The van der Waals surface area contributed by atoms with Gasteiger partial charge in [-0.05, 0) is 12.8 Å². The summed E-state index contributed by atoms with van der Waals surface area (Å²) in [7, 11) is 0. The van der Waals surface area contributed by atoms with E-state index in [0.717, 1.165) is 12.1 Å². The van der Waals surface area contributed by atoms with Gasteiger partial charge in [0.2, 0.25) is 0 Å². The van der Waals surface area contributed by atoms with Crippen molar-refractivity contribution in [3.8, 4) is 5.75 Å². The molecule has 124 valence electrons. The van der Waals surface area contributed by atoms with Crippen LogP contribution in [-0.4, -0.2) is 42.4 Å². The normalized spacial score (nSPS) is 17.0. The zero-order chi connectivity index (χ0) is 17.0.